The summed E-state index contributed by atoms with van der Waals surface area (Å²) in [6.45, 7) is 4.87. The number of hydrogen-bond acceptors (Lipinski definition) is 3. The van der Waals surface area contributed by atoms with E-state index in [4.69, 9.17) is 5.73 Å². The number of carbonyl (C=O) groups is 1. The van der Waals surface area contributed by atoms with Gasteiger partial charge in [0.05, 0.1) is 11.1 Å². The minimum Gasteiger partial charge on any atom is -0.508 e. The number of carbonyl (C=O) groups excluding carboxylic acids is 1. The van der Waals surface area contributed by atoms with Gasteiger partial charge in [-0.05, 0) is 38.3 Å². The van der Waals surface area contributed by atoms with E-state index in [2.05, 4.69) is 0 Å². The molecule has 0 atom stereocenters. The maximum atomic E-state index is 12.5. The summed E-state index contributed by atoms with van der Waals surface area (Å²) in [5, 5.41) is 9.58. The molecule has 3 N–H and O–H groups in total. The number of aromatic hydroxyl groups is 1. The summed E-state index contributed by atoms with van der Waals surface area (Å²) < 4.78 is 0. The monoisotopic (exact) mass is 248 g/mol. The van der Waals surface area contributed by atoms with Crippen LogP contribution in [0.4, 0.5) is 5.69 Å². The van der Waals surface area contributed by atoms with Gasteiger partial charge in [-0.3, -0.25) is 4.79 Å². The molecule has 0 aromatic heterocycles. The predicted molar refractivity (Wildman–Crippen MR) is 71.6 cm³/mol. The number of amides is 1. The van der Waals surface area contributed by atoms with Gasteiger partial charge >= 0.3 is 0 Å². The van der Waals surface area contributed by atoms with Crippen molar-refractivity contribution in [1.29, 1.82) is 0 Å². The Morgan fingerprint density at radius 3 is 2.67 bits per heavy atom. The van der Waals surface area contributed by atoms with Crippen LogP contribution in [0, 0.1) is 12.3 Å². The number of hydrogen-bond donors (Lipinski definition) is 2. The smallest absolute Gasteiger partial charge is 0.234 e. The van der Waals surface area contributed by atoms with Gasteiger partial charge in [-0.2, -0.15) is 0 Å². The van der Waals surface area contributed by atoms with Crippen LogP contribution in [0.15, 0.2) is 18.2 Å². The van der Waals surface area contributed by atoms with Gasteiger partial charge in [0.15, 0.2) is 0 Å². The molecule has 98 valence electrons. The number of phenols is 1. The molecule has 2 rings (SSSR count). The van der Waals surface area contributed by atoms with Crippen LogP contribution in [0.3, 0.4) is 0 Å². The molecule has 1 aliphatic rings. The van der Waals surface area contributed by atoms with E-state index >= 15 is 0 Å². The molecule has 1 fully saturated rings. The van der Waals surface area contributed by atoms with Crippen LogP contribution in [-0.2, 0) is 4.79 Å². The molecule has 1 aliphatic carbocycles. The molecule has 0 heterocycles. The van der Waals surface area contributed by atoms with Crippen molar-refractivity contribution in [1.82, 2.24) is 0 Å². The normalized spacial score (nSPS) is 16.4. The van der Waals surface area contributed by atoms with Gasteiger partial charge in [-0.15, -0.1) is 0 Å². The number of phenolic OH excluding ortho intramolecular Hbond substituents is 1. The lowest BCUT2D eigenvalue weighted by molar-refractivity contribution is -0.123. The Morgan fingerprint density at radius 2 is 2.17 bits per heavy atom. The van der Waals surface area contributed by atoms with Crippen LogP contribution < -0.4 is 10.6 Å². The number of benzene rings is 1. The first-order valence-corrected chi connectivity index (χ1v) is 6.36. The average molecular weight is 248 g/mol. The zero-order valence-corrected chi connectivity index (χ0v) is 10.9. The number of aryl methyl sites for hydroxylation is 1. The van der Waals surface area contributed by atoms with E-state index in [0.717, 1.165) is 24.1 Å². The number of rotatable bonds is 4. The second-order valence-electron chi connectivity index (χ2n) is 5.00. The fourth-order valence-electron chi connectivity index (χ4n) is 2.25. The second kappa shape index (κ2) is 4.61. The molecular formula is C14H20N2O2. The Morgan fingerprint density at radius 1 is 1.50 bits per heavy atom. The standard InChI is InChI=1S/C14H20N2O2/c1-3-16(13(18)14(9-15)6-7-14)12-8-11(17)5-4-10(12)2/h4-5,8,17H,3,6-7,9,15H2,1-2H3. The molecule has 4 nitrogen and oxygen atoms in total. The topological polar surface area (TPSA) is 66.6 Å². The van der Waals surface area contributed by atoms with Gasteiger partial charge in [-0.25, -0.2) is 0 Å². The first-order valence-electron chi connectivity index (χ1n) is 6.36. The quantitative estimate of drug-likeness (QED) is 0.853. The summed E-state index contributed by atoms with van der Waals surface area (Å²) in [5.41, 5.74) is 7.12. The first kappa shape index (κ1) is 12.9. The molecule has 1 saturated carbocycles. The lowest BCUT2D eigenvalue weighted by atomic mass is 10.0. The van der Waals surface area contributed by atoms with Gasteiger partial charge < -0.3 is 15.7 Å². The van der Waals surface area contributed by atoms with E-state index in [1.165, 1.54) is 0 Å². The van der Waals surface area contributed by atoms with Crippen molar-refractivity contribution < 1.29 is 9.90 Å². The van der Waals surface area contributed by atoms with E-state index in [1.54, 1.807) is 17.0 Å². The van der Waals surface area contributed by atoms with Crippen LogP contribution >= 0.6 is 0 Å². The van der Waals surface area contributed by atoms with Crippen LogP contribution in [0.1, 0.15) is 25.3 Å². The molecule has 0 radical (unpaired) electrons. The van der Waals surface area contributed by atoms with Crippen LogP contribution in [0.5, 0.6) is 5.75 Å². The van der Waals surface area contributed by atoms with Crippen molar-refractivity contribution in [3.05, 3.63) is 23.8 Å². The van der Waals surface area contributed by atoms with Crippen molar-refractivity contribution in [2.45, 2.75) is 26.7 Å². The molecule has 0 spiro atoms. The fourth-order valence-corrected chi connectivity index (χ4v) is 2.25. The maximum Gasteiger partial charge on any atom is 0.234 e. The fraction of sp³-hybridized carbons (Fsp3) is 0.500. The molecular weight excluding hydrogens is 228 g/mol. The summed E-state index contributed by atoms with van der Waals surface area (Å²) in [5.74, 6) is 0.264. The Hall–Kier alpha value is -1.55. The van der Waals surface area contributed by atoms with E-state index in [1.807, 2.05) is 19.9 Å². The summed E-state index contributed by atoms with van der Waals surface area (Å²) in [6.07, 6.45) is 1.74. The average Bonchev–Trinajstić information content (AvgIpc) is 3.15. The van der Waals surface area contributed by atoms with Crippen molar-refractivity contribution >= 4 is 11.6 Å². The molecule has 0 aliphatic heterocycles. The minimum atomic E-state index is -0.353. The van der Waals surface area contributed by atoms with E-state index < -0.39 is 0 Å². The molecule has 1 aromatic carbocycles. The van der Waals surface area contributed by atoms with Crippen molar-refractivity contribution in [2.24, 2.45) is 11.1 Å². The summed E-state index contributed by atoms with van der Waals surface area (Å²) in [4.78, 5) is 14.2. The molecule has 1 aromatic rings. The molecule has 4 heteroatoms. The SMILES string of the molecule is CCN(C(=O)C1(CN)CC1)c1cc(O)ccc1C. The van der Waals surface area contributed by atoms with Crippen LogP contribution in [0.2, 0.25) is 0 Å². The molecule has 1 amide bonds. The summed E-state index contributed by atoms with van der Waals surface area (Å²) in [6, 6.07) is 5.10. The minimum absolute atomic E-state index is 0.0844. The number of nitrogens with zero attached hydrogens (tertiary/aromatic N) is 1. The molecule has 0 unspecified atom stereocenters. The van der Waals surface area contributed by atoms with Gasteiger partial charge in [0.25, 0.3) is 0 Å². The van der Waals surface area contributed by atoms with E-state index in [9.17, 15) is 9.90 Å². The van der Waals surface area contributed by atoms with Crippen molar-refractivity contribution in [2.75, 3.05) is 18.0 Å². The van der Waals surface area contributed by atoms with Crippen LogP contribution in [-0.4, -0.2) is 24.1 Å². The molecule has 0 saturated heterocycles. The number of nitrogens with two attached hydrogens (primary N) is 1. The number of anilines is 1. The predicted octanol–water partition coefficient (Wildman–Crippen LogP) is 1.79. The summed E-state index contributed by atoms with van der Waals surface area (Å²) >= 11 is 0. The third-order valence-electron chi connectivity index (χ3n) is 3.74. The Kier molecular flexibility index (Phi) is 3.30. The van der Waals surface area contributed by atoms with Crippen molar-refractivity contribution in [3.8, 4) is 5.75 Å². The lowest BCUT2D eigenvalue weighted by Gasteiger charge is -2.27. The van der Waals surface area contributed by atoms with Crippen molar-refractivity contribution in [3.63, 3.8) is 0 Å². The Balaban J connectivity index is 2.34. The van der Waals surface area contributed by atoms with Gasteiger partial charge in [0.1, 0.15) is 5.75 Å². The zero-order chi connectivity index (χ0) is 13.3. The Bertz CT molecular complexity index is 467. The lowest BCUT2D eigenvalue weighted by Crippen LogP contribution is -2.40. The van der Waals surface area contributed by atoms with Gasteiger partial charge in [0.2, 0.25) is 5.91 Å². The first-order chi connectivity index (χ1) is 8.54. The molecule has 0 bridgehead atoms. The highest BCUT2D eigenvalue weighted by Crippen LogP contribution is 2.47. The third kappa shape index (κ3) is 2.08. The van der Waals surface area contributed by atoms with E-state index in [0.29, 0.717) is 13.1 Å². The largest absolute Gasteiger partial charge is 0.508 e. The maximum absolute atomic E-state index is 12.5. The van der Waals surface area contributed by atoms with Gasteiger partial charge in [0, 0.05) is 19.2 Å². The second-order valence-corrected chi connectivity index (χ2v) is 5.00. The highest BCUT2D eigenvalue weighted by atomic mass is 16.3. The third-order valence-corrected chi connectivity index (χ3v) is 3.74. The summed E-state index contributed by atoms with van der Waals surface area (Å²) in [7, 11) is 0. The highest BCUT2D eigenvalue weighted by molar-refractivity contribution is 6.00. The Labute approximate surface area is 107 Å². The van der Waals surface area contributed by atoms with E-state index in [-0.39, 0.29) is 17.1 Å². The highest BCUT2D eigenvalue weighted by Gasteiger charge is 2.50. The molecule has 18 heavy (non-hydrogen) atoms. The zero-order valence-electron chi connectivity index (χ0n) is 10.9. The van der Waals surface area contributed by atoms with Crippen LogP contribution in [0.25, 0.3) is 0 Å². The van der Waals surface area contributed by atoms with Gasteiger partial charge in [-0.1, -0.05) is 6.07 Å².